The van der Waals surface area contributed by atoms with Crippen LogP contribution in [-0.4, -0.2) is 81.8 Å². The molecule has 12 heterocycles. The summed E-state index contributed by atoms with van der Waals surface area (Å²) in [5.74, 6) is 0.239. The van der Waals surface area contributed by atoms with E-state index in [0.29, 0.717) is 91.4 Å². The van der Waals surface area contributed by atoms with E-state index in [9.17, 15) is 66.4 Å². The zero-order valence-corrected chi connectivity index (χ0v) is 70.4. The number of nitrogens with zero attached hydrogens (tertiary/aromatic N) is 10. The molecule has 20 rings (SSSR count). The smallest absolute Gasteiger partial charge is 0.267 e. The molecular weight excluding hydrogens is 1750 g/mol. The van der Waals surface area contributed by atoms with E-state index in [2.05, 4.69) is 61.1 Å². The molecule has 4 amide bonds. The van der Waals surface area contributed by atoms with E-state index in [1.807, 2.05) is 36.4 Å². The van der Waals surface area contributed by atoms with Crippen LogP contribution in [0, 0.1) is 45.9 Å². The highest BCUT2D eigenvalue weighted by Gasteiger charge is 2.22. The van der Waals surface area contributed by atoms with E-state index in [4.69, 9.17) is 18.9 Å². The Morgan fingerprint density at radius 3 is 0.794 bits per heavy atom. The van der Waals surface area contributed by atoms with Gasteiger partial charge in [-0.1, -0.05) is 0 Å². The van der Waals surface area contributed by atoms with Gasteiger partial charge in [0, 0.05) is 121 Å². The van der Waals surface area contributed by atoms with E-state index in [1.54, 1.807) is 147 Å². The molecule has 136 heavy (non-hydrogen) atoms. The lowest BCUT2D eigenvalue weighted by Gasteiger charge is -2.11. The van der Waals surface area contributed by atoms with Gasteiger partial charge in [0.05, 0.1) is 44.0 Å². The van der Waals surface area contributed by atoms with Crippen LogP contribution in [0.5, 0.6) is 46.0 Å². The Morgan fingerprint density at radius 2 is 0.537 bits per heavy atom. The Morgan fingerprint density at radius 1 is 0.294 bits per heavy atom. The number of hydrogen-bond acceptors (Lipinski definition) is 18. The maximum atomic E-state index is 13.2. The summed E-state index contributed by atoms with van der Waals surface area (Å²) in [5, 5.41) is 33.2. The molecule has 0 radical (unpaired) electrons. The zero-order chi connectivity index (χ0) is 94.3. The quantitative estimate of drug-likeness (QED) is 0.0329. The highest BCUT2D eigenvalue weighted by Crippen LogP contribution is 2.36. The van der Waals surface area contributed by atoms with Crippen LogP contribution in [0.4, 0.5) is 40.3 Å². The molecule has 664 valence electrons. The lowest BCUT2D eigenvalue weighted by atomic mass is 10.1. The van der Waals surface area contributed by atoms with Crippen molar-refractivity contribution in [2.24, 2.45) is 0 Å². The highest BCUT2D eigenvalue weighted by atomic mass is 19.1. The summed E-state index contributed by atoms with van der Waals surface area (Å²) in [7, 11) is 0. The number of halogens is 4. The first-order valence-corrected chi connectivity index (χ1v) is 41.1. The lowest BCUT2D eigenvalue weighted by Crippen LogP contribution is -2.28. The predicted molar refractivity (Wildman–Crippen MR) is 500 cm³/mol. The van der Waals surface area contributed by atoms with Gasteiger partial charge in [0.15, 0.2) is 0 Å². The van der Waals surface area contributed by atoms with Gasteiger partial charge in [-0.05, 0) is 267 Å². The number of aromatic nitrogens is 12. The summed E-state index contributed by atoms with van der Waals surface area (Å²) in [5.41, 5.74) is 3.82. The summed E-state index contributed by atoms with van der Waals surface area (Å²) >= 11 is 0. The van der Waals surface area contributed by atoms with Gasteiger partial charge < -0.3 is 60.2 Å². The van der Waals surface area contributed by atoms with E-state index in [-0.39, 0.29) is 44.8 Å². The number of H-pyrrole nitrogens is 4. The number of anilines is 4. The van der Waals surface area contributed by atoms with Gasteiger partial charge in [-0.15, -0.1) is 0 Å². The molecule has 0 saturated carbocycles. The molecule has 8 N–H and O–H groups in total. The molecule has 12 aromatic heterocycles. The second kappa shape index (κ2) is 39.8. The van der Waals surface area contributed by atoms with Gasteiger partial charge >= 0.3 is 0 Å². The maximum absolute atomic E-state index is 13.2. The van der Waals surface area contributed by atoms with E-state index < -0.39 is 69.1 Å². The number of rotatable bonds is 20. The fraction of sp³-hybridized carbons (Fsp3) is 0. The van der Waals surface area contributed by atoms with Crippen LogP contribution in [0.1, 0.15) is 52.6 Å². The fourth-order valence-corrected chi connectivity index (χ4v) is 14.1. The molecular formula is C102H66F4N18O12. The first kappa shape index (κ1) is 88.1. The maximum Gasteiger partial charge on any atom is 0.267 e. The minimum atomic E-state index is -0.681. The first-order valence-electron chi connectivity index (χ1n) is 41.1. The summed E-state index contributed by atoms with van der Waals surface area (Å²) in [6.45, 7) is 0. The number of ether oxygens (including phenoxy) is 4. The Bertz CT molecular complexity index is 7790. The molecule has 0 aliphatic rings. The number of benzene rings is 8. The summed E-state index contributed by atoms with van der Waals surface area (Å²) in [6.07, 6.45) is 19.6. The van der Waals surface area contributed by atoms with Crippen LogP contribution < -0.4 is 62.5 Å². The number of hydrogen-bond donors (Lipinski definition) is 8. The molecule has 20 aromatic rings. The Balaban J connectivity index is 0.000000126. The largest absolute Gasteiger partial charge is 0.457 e. The third-order valence-corrected chi connectivity index (χ3v) is 20.7. The Hall–Kier alpha value is -19.9. The number of carbonyl (C=O) groups is 4. The predicted octanol–water partition coefficient (Wildman–Crippen LogP) is 19.3. The molecule has 0 fully saturated rings. The summed E-state index contributed by atoms with van der Waals surface area (Å²) in [6, 6.07) is 74.8. The number of nitrogens with one attached hydrogen (secondary N) is 8. The Labute approximate surface area is 764 Å². The van der Waals surface area contributed by atoms with Crippen molar-refractivity contribution in [1.29, 1.82) is 10.5 Å². The van der Waals surface area contributed by atoms with Crippen LogP contribution in [0.25, 0.3) is 66.9 Å². The van der Waals surface area contributed by atoms with Crippen molar-refractivity contribution in [2.45, 2.75) is 0 Å². The van der Waals surface area contributed by atoms with Gasteiger partial charge in [-0.2, -0.15) is 10.5 Å². The molecule has 34 heteroatoms. The molecule has 0 unspecified atom stereocenters. The lowest BCUT2D eigenvalue weighted by molar-refractivity contribution is 0.101. The van der Waals surface area contributed by atoms with Gasteiger partial charge in [0.1, 0.15) is 126 Å². The van der Waals surface area contributed by atoms with Crippen molar-refractivity contribution >= 4 is 90.5 Å². The summed E-state index contributed by atoms with van der Waals surface area (Å²) in [4.78, 5) is 132. The SMILES string of the molecule is N#Cc1cc(Oc2ccnc3[nH]ccc23)ccc1NC(=O)c1cccn(-c2ccc(F)cc2)c1=O.N#Cc1cc(Oc2ccnc3[nH]ccc23)ccc1NC(=O)c1cccn(-c2ccc(F)cc2)c1=O.O=C(Nc1ccc(Oc2ccnc3[nH]ccc23)cc1)c1cccn(-c2ccc(F)cc2)c1=O.O=C(Nc1ccc(Oc2ccnc3[nH]ccc23)cc1)c1cccn(-c2ccc(F)cc2)c1=O. The number of pyridine rings is 8. The number of fused-ring (bicyclic) bond motifs is 4. The second-order valence-corrected chi connectivity index (χ2v) is 29.4. The summed E-state index contributed by atoms with van der Waals surface area (Å²) < 4.78 is 81.7. The Kier molecular flexibility index (Phi) is 25.8. The first-order chi connectivity index (χ1) is 66.2. The molecule has 0 bridgehead atoms. The van der Waals surface area contributed by atoms with Crippen molar-refractivity contribution in [3.8, 4) is 80.9 Å². The third kappa shape index (κ3) is 20.0. The monoisotopic (exact) mass is 1810 g/mol. The molecule has 0 saturated heterocycles. The van der Waals surface area contributed by atoms with Crippen molar-refractivity contribution in [1.82, 2.24) is 58.1 Å². The van der Waals surface area contributed by atoms with Gasteiger partial charge in [-0.3, -0.25) is 56.6 Å². The highest BCUT2D eigenvalue weighted by molar-refractivity contribution is 6.07. The van der Waals surface area contributed by atoms with Crippen molar-refractivity contribution < 1.29 is 55.7 Å². The van der Waals surface area contributed by atoms with E-state index >= 15 is 0 Å². The molecule has 30 nitrogen and oxygen atoms in total. The standard InChI is InChI=1S/2C26H16FN5O3.2C25H17FN4O3/c2*27-17-3-5-18(6-4-17)32-13-1-2-21(26(32)34)25(33)31-22-8-7-19(14-16(22)15-28)35-23-10-12-30-24-20(23)9-11-29-24;2*26-16-3-7-18(8-4-16)30-15-1-2-21(25(30)32)24(31)29-17-5-9-19(10-6-17)33-22-12-14-28-23-20(22)11-13-27-23/h2*1-14H,(H,29,30)(H,31,33);2*1-15H,(H,27,28)(H,29,31). The molecule has 0 atom stereocenters. The number of carbonyl (C=O) groups excluding carboxylic acids is 4. The van der Waals surface area contributed by atoms with E-state index in [0.717, 1.165) is 32.8 Å². The van der Waals surface area contributed by atoms with Gasteiger partial charge in [0.25, 0.3) is 45.9 Å². The third-order valence-electron chi connectivity index (χ3n) is 20.7. The minimum absolute atomic E-state index is 0.0335. The average Bonchev–Trinajstić information content (AvgIpc) is 1.56. The van der Waals surface area contributed by atoms with Gasteiger partial charge in [0.2, 0.25) is 0 Å². The fourth-order valence-electron chi connectivity index (χ4n) is 14.1. The second-order valence-electron chi connectivity index (χ2n) is 29.4. The van der Waals surface area contributed by atoms with Crippen LogP contribution in [0.3, 0.4) is 0 Å². The molecule has 0 aliphatic heterocycles. The molecule has 0 aliphatic carbocycles. The normalized spacial score (nSPS) is 10.7. The number of nitriles is 2. The van der Waals surface area contributed by atoms with Crippen molar-refractivity contribution in [3.05, 3.63) is 451 Å². The molecule has 0 spiro atoms. The topological polar surface area (TPSA) is 404 Å². The molecule has 8 aromatic carbocycles. The van der Waals surface area contributed by atoms with E-state index in [1.165, 1.54) is 201 Å². The van der Waals surface area contributed by atoms with Gasteiger partial charge in [-0.25, -0.2) is 37.5 Å². The number of amides is 4. The van der Waals surface area contributed by atoms with Crippen LogP contribution in [-0.2, 0) is 0 Å². The van der Waals surface area contributed by atoms with Crippen molar-refractivity contribution in [3.63, 3.8) is 0 Å². The van der Waals surface area contributed by atoms with Crippen LogP contribution >= 0.6 is 0 Å². The van der Waals surface area contributed by atoms with Crippen molar-refractivity contribution in [2.75, 3.05) is 21.3 Å². The number of aromatic amines is 4. The van der Waals surface area contributed by atoms with Crippen LogP contribution in [0.2, 0.25) is 0 Å². The minimum Gasteiger partial charge on any atom is -0.457 e. The average molecular weight is 1810 g/mol. The zero-order valence-electron chi connectivity index (χ0n) is 70.4. The van der Waals surface area contributed by atoms with Crippen LogP contribution in [0.15, 0.2) is 373 Å².